The molecule has 1 aliphatic heterocycles. The highest BCUT2D eigenvalue weighted by molar-refractivity contribution is 5.91. The Balaban J connectivity index is 1.37. The molecule has 4 rings (SSSR count). The summed E-state index contributed by atoms with van der Waals surface area (Å²) < 4.78 is 21.9. The molecule has 2 aliphatic rings. The van der Waals surface area contributed by atoms with Crippen LogP contribution in [-0.2, 0) is 16.1 Å². The van der Waals surface area contributed by atoms with E-state index >= 15 is 0 Å². The van der Waals surface area contributed by atoms with E-state index in [9.17, 15) is 4.79 Å². The van der Waals surface area contributed by atoms with E-state index in [2.05, 4.69) is 15.6 Å². The number of aromatic nitrogens is 2. The van der Waals surface area contributed by atoms with Gasteiger partial charge in [0.25, 0.3) is 5.91 Å². The van der Waals surface area contributed by atoms with Gasteiger partial charge in [0, 0.05) is 24.2 Å². The van der Waals surface area contributed by atoms with Crippen LogP contribution in [0.2, 0.25) is 0 Å². The highest BCUT2D eigenvalue weighted by Crippen LogP contribution is 2.39. The third-order valence-corrected chi connectivity index (χ3v) is 4.98. The zero-order chi connectivity index (χ0) is 18.1. The minimum atomic E-state index is -0.286. The molecule has 140 valence electrons. The van der Waals surface area contributed by atoms with Gasteiger partial charge in [-0.2, -0.15) is 0 Å². The van der Waals surface area contributed by atoms with Crippen molar-refractivity contribution in [3.05, 3.63) is 34.5 Å². The second-order valence-electron chi connectivity index (χ2n) is 6.99. The normalized spacial score (nSPS) is 23.2. The van der Waals surface area contributed by atoms with Crippen LogP contribution in [0.1, 0.15) is 58.4 Å². The lowest BCUT2D eigenvalue weighted by Gasteiger charge is -2.31. The Bertz CT molecular complexity index is 760. The molecule has 8 nitrogen and oxygen atoms in total. The van der Waals surface area contributed by atoms with Crippen molar-refractivity contribution in [2.24, 2.45) is 0 Å². The van der Waals surface area contributed by atoms with Crippen LogP contribution >= 0.6 is 0 Å². The summed E-state index contributed by atoms with van der Waals surface area (Å²) in [5.41, 5.74) is 2.64. The van der Waals surface area contributed by atoms with Gasteiger partial charge in [-0.15, -0.1) is 0 Å². The highest BCUT2D eigenvalue weighted by atomic mass is 16.5. The molecule has 26 heavy (non-hydrogen) atoms. The van der Waals surface area contributed by atoms with Gasteiger partial charge in [-0.25, -0.2) is 0 Å². The lowest BCUT2D eigenvalue weighted by Crippen LogP contribution is -2.50. The molecule has 0 aromatic carbocycles. The Labute approximate surface area is 151 Å². The van der Waals surface area contributed by atoms with Crippen molar-refractivity contribution in [1.29, 1.82) is 0 Å². The van der Waals surface area contributed by atoms with E-state index in [1.54, 1.807) is 6.07 Å². The number of hydrogen-bond acceptors (Lipinski definition) is 7. The van der Waals surface area contributed by atoms with Crippen molar-refractivity contribution >= 4 is 5.91 Å². The first-order chi connectivity index (χ1) is 12.6. The Morgan fingerprint density at radius 1 is 1.27 bits per heavy atom. The van der Waals surface area contributed by atoms with E-state index in [-0.39, 0.29) is 23.8 Å². The van der Waals surface area contributed by atoms with Gasteiger partial charge < -0.3 is 23.8 Å². The quantitative estimate of drug-likeness (QED) is 0.842. The average molecular weight is 361 g/mol. The molecule has 0 radical (unpaired) electrons. The van der Waals surface area contributed by atoms with Crippen LogP contribution < -0.4 is 5.32 Å². The van der Waals surface area contributed by atoms with Gasteiger partial charge in [0.15, 0.2) is 0 Å². The van der Waals surface area contributed by atoms with Gasteiger partial charge in [0.1, 0.15) is 5.76 Å². The summed E-state index contributed by atoms with van der Waals surface area (Å²) in [4.78, 5) is 12.5. The molecule has 2 aromatic heterocycles. The van der Waals surface area contributed by atoms with Crippen molar-refractivity contribution in [2.45, 2.75) is 57.8 Å². The van der Waals surface area contributed by atoms with Crippen molar-refractivity contribution in [3.8, 4) is 0 Å². The molecule has 2 fully saturated rings. The molecule has 1 saturated carbocycles. The van der Waals surface area contributed by atoms with Crippen LogP contribution in [0.5, 0.6) is 0 Å². The van der Waals surface area contributed by atoms with Crippen molar-refractivity contribution in [2.75, 3.05) is 13.2 Å². The zero-order valence-electron chi connectivity index (χ0n) is 15.0. The molecule has 2 aromatic rings. The SMILES string of the molecule is Cc1noc(C)c1CO[C@H]1CCOC[C@H]1NC(=O)c1cc(C2CC2)no1. The van der Waals surface area contributed by atoms with Crippen LogP contribution in [0.15, 0.2) is 15.1 Å². The lowest BCUT2D eigenvalue weighted by molar-refractivity contribution is -0.0610. The fourth-order valence-corrected chi connectivity index (χ4v) is 3.16. The van der Waals surface area contributed by atoms with Gasteiger partial charge in [-0.1, -0.05) is 10.3 Å². The van der Waals surface area contributed by atoms with Crippen LogP contribution in [0.3, 0.4) is 0 Å². The summed E-state index contributed by atoms with van der Waals surface area (Å²) in [5, 5.41) is 10.9. The van der Waals surface area contributed by atoms with E-state index in [0.29, 0.717) is 32.2 Å². The van der Waals surface area contributed by atoms with Crippen LogP contribution in [0, 0.1) is 13.8 Å². The van der Waals surface area contributed by atoms with E-state index in [0.717, 1.165) is 35.6 Å². The largest absolute Gasteiger partial charge is 0.379 e. The second-order valence-corrected chi connectivity index (χ2v) is 6.99. The van der Waals surface area contributed by atoms with Gasteiger partial charge in [-0.05, 0) is 33.1 Å². The maximum Gasteiger partial charge on any atom is 0.290 e. The van der Waals surface area contributed by atoms with E-state index in [1.165, 1.54) is 0 Å². The minimum absolute atomic E-state index is 0.146. The summed E-state index contributed by atoms with van der Waals surface area (Å²) >= 11 is 0. The number of nitrogens with zero attached hydrogens (tertiary/aromatic N) is 2. The fourth-order valence-electron chi connectivity index (χ4n) is 3.16. The number of rotatable bonds is 6. The summed E-state index contributed by atoms with van der Waals surface area (Å²) in [6.45, 7) is 5.16. The third kappa shape index (κ3) is 3.66. The Hall–Kier alpha value is -2.19. The van der Waals surface area contributed by atoms with Gasteiger partial charge in [-0.3, -0.25) is 4.79 Å². The van der Waals surface area contributed by atoms with Crippen LogP contribution in [0.25, 0.3) is 0 Å². The molecule has 0 unspecified atom stereocenters. The van der Waals surface area contributed by atoms with Gasteiger partial charge >= 0.3 is 0 Å². The molecule has 1 aliphatic carbocycles. The molecule has 2 atom stereocenters. The summed E-state index contributed by atoms with van der Waals surface area (Å²) in [6.07, 6.45) is 2.79. The molecule has 1 N–H and O–H groups in total. The number of hydrogen-bond donors (Lipinski definition) is 1. The number of amides is 1. The van der Waals surface area contributed by atoms with Gasteiger partial charge in [0.2, 0.25) is 5.76 Å². The third-order valence-electron chi connectivity index (χ3n) is 4.98. The van der Waals surface area contributed by atoms with Gasteiger partial charge in [0.05, 0.1) is 36.7 Å². The van der Waals surface area contributed by atoms with E-state index in [1.807, 2.05) is 13.8 Å². The standard InChI is InChI=1S/C18H23N3O5/c1-10-13(11(2)25-20-10)8-24-16-5-6-23-9-15(16)19-18(22)17-7-14(21-26-17)12-3-4-12/h7,12,15-16H,3-6,8-9H2,1-2H3,(H,19,22)/t15-,16+/m1/s1. The molecule has 3 heterocycles. The maximum atomic E-state index is 12.5. The Kier molecular flexibility index (Phi) is 4.78. The van der Waals surface area contributed by atoms with Crippen molar-refractivity contribution < 1.29 is 23.3 Å². The smallest absolute Gasteiger partial charge is 0.290 e. The summed E-state index contributed by atoms with van der Waals surface area (Å²) in [5.74, 6) is 1.15. The first-order valence-corrected chi connectivity index (χ1v) is 9.00. The van der Waals surface area contributed by atoms with Crippen molar-refractivity contribution in [3.63, 3.8) is 0 Å². The molecular weight excluding hydrogens is 338 g/mol. The van der Waals surface area contributed by atoms with Crippen LogP contribution in [-0.4, -0.2) is 41.6 Å². The number of carbonyl (C=O) groups excluding carboxylic acids is 1. The molecule has 1 amide bonds. The predicted octanol–water partition coefficient (Wildman–Crippen LogP) is 2.26. The lowest BCUT2D eigenvalue weighted by atomic mass is 10.1. The molecule has 8 heteroatoms. The fraction of sp³-hybridized carbons (Fsp3) is 0.611. The maximum absolute atomic E-state index is 12.5. The second kappa shape index (κ2) is 7.20. The first kappa shape index (κ1) is 17.2. The molecule has 0 bridgehead atoms. The number of ether oxygens (including phenoxy) is 2. The monoisotopic (exact) mass is 361 g/mol. The Morgan fingerprint density at radius 3 is 2.85 bits per heavy atom. The van der Waals surface area contributed by atoms with E-state index < -0.39 is 0 Å². The molecular formula is C18H23N3O5. The number of carbonyl (C=O) groups is 1. The molecule has 0 spiro atoms. The minimum Gasteiger partial charge on any atom is -0.379 e. The van der Waals surface area contributed by atoms with Crippen molar-refractivity contribution in [1.82, 2.24) is 15.6 Å². The Morgan fingerprint density at radius 2 is 2.12 bits per heavy atom. The highest BCUT2D eigenvalue weighted by Gasteiger charge is 2.32. The van der Waals surface area contributed by atoms with Crippen LogP contribution in [0.4, 0.5) is 0 Å². The summed E-state index contributed by atoms with van der Waals surface area (Å²) in [6, 6.07) is 1.49. The zero-order valence-corrected chi connectivity index (χ0v) is 15.0. The number of aryl methyl sites for hydroxylation is 2. The number of nitrogens with one attached hydrogen (secondary N) is 1. The summed E-state index contributed by atoms with van der Waals surface area (Å²) in [7, 11) is 0. The average Bonchev–Trinajstić information content (AvgIpc) is 3.28. The van der Waals surface area contributed by atoms with E-state index in [4.69, 9.17) is 18.5 Å². The topological polar surface area (TPSA) is 99.6 Å². The predicted molar refractivity (Wildman–Crippen MR) is 89.7 cm³/mol. The molecule has 1 saturated heterocycles. The first-order valence-electron chi connectivity index (χ1n) is 9.00.